The van der Waals surface area contributed by atoms with E-state index in [0.717, 1.165) is 30.4 Å². The highest BCUT2D eigenvalue weighted by Gasteiger charge is 2.26. The number of hydrogen-bond acceptors (Lipinski definition) is 3. The van der Waals surface area contributed by atoms with E-state index in [1.54, 1.807) is 13.1 Å². The van der Waals surface area contributed by atoms with Crippen molar-refractivity contribution in [2.24, 2.45) is 0 Å². The molecule has 0 aliphatic heterocycles. The Bertz CT molecular complexity index is 445. The first kappa shape index (κ1) is 12.9. The number of phenols is 1. The van der Waals surface area contributed by atoms with Crippen LogP contribution in [0.25, 0.3) is 0 Å². The maximum Gasteiger partial charge on any atom is 0.233 e. The normalized spacial score (nSPS) is 18.5. The van der Waals surface area contributed by atoms with Crippen LogP contribution in [0.4, 0.5) is 0 Å². The van der Waals surface area contributed by atoms with E-state index in [2.05, 4.69) is 16.3 Å². The van der Waals surface area contributed by atoms with Crippen LogP contribution in [-0.4, -0.2) is 36.6 Å². The summed E-state index contributed by atoms with van der Waals surface area (Å²) in [5, 5.41) is 12.5. The molecule has 0 bridgehead atoms. The number of phenolic OH excluding ortho intramolecular Hbond substituents is 1. The van der Waals surface area contributed by atoms with Gasteiger partial charge in [0.25, 0.3) is 0 Å². The second kappa shape index (κ2) is 5.40. The molecule has 2 rings (SSSR count). The van der Waals surface area contributed by atoms with E-state index in [4.69, 9.17) is 0 Å². The number of nitrogens with zero attached hydrogens (tertiary/aromatic N) is 1. The zero-order valence-corrected chi connectivity index (χ0v) is 10.9. The van der Waals surface area contributed by atoms with E-state index in [1.807, 2.05) is 13.1 Å². The minimum absolute atomic E-state index is 0.0183. The lowest BCUT2D eigenvalue weighted by atomic mass is 9.86. The second-order valence-corrected chi connectivity index (χ2v) is 4.84. The van der Waals surface area contributed by atoms with Crippen molar-refractivity contribution in [2.75, 3.05) is 20.6 Å². The molecule has 4 nitrogen and oxygen atoms in total. The number of aromatic hydroxyl groups is 1. The molecule has 1 aliphatic rings. The third kappa shape index (κ3) is 2.48. The van der Waals surface area contributed by atoms with Crippen LogP contribution in [0, 0.1) is 0 Å². The van der Waals surface area contributed by atoms with Crippen LogP contribution < -0.4 is 5.32 Å². The predicted octanol–water partition coefficient (Wildman–Crippen LogP) is 1.45. The summed E-state index contributed by atoms with van der Waals surface area (Å²) in [4.78, 5) is 13.5. The number of carbonyl (C=O) groups excluding carboxylic acids is 1. The molecule has 4 heteroatoms. The summed E-state index contributed by atoms with van der Waals surface area (Å²) in [7, 11) is 3.61. The van der Waals surface area contributed by atoms with Gasteiger partial charge in [-0.2, -0.15) is 0 Å². The number of hydrogen-bond donors (Lipinski definition) is 2. The first-order valence-electron chi connectivity index (χ1n) is 6.35. The maximum atomic E-state index is 11.4. The summed E-state index contributed by atoms with van der Waals surface area (Å²) >= 11 is 0. The molecule has 98 valence electrons. The summed E-state index contributed by atoms with van der Waals surface area (Å²) in [5.41, 5.74) is 2.20. The highest BCUT2D eigenvalue weighted by atomic mass is 16.3. The van der Waals surface area contributed by atoms with Gasteiger partial charge in [0.1, 0.15) is 5.75 Å². The minimum Gasteiger partial charge on any atom is -0.508 e. The maximum absolute atomic E-state index is 11.4. The Morgan fingerprint density at radius 1 is 1.56 bits per heavy atom. The van der Waals surface area contributed by atoms with Crippen LogP contribution in [-0.2, 0) is 11.2 Å². The molecule has 0 heterocycles. The first-order valence-corrected chi connectivity index (χ1v) is 6.35. The van der Waals surface area contributed by atoms with Crippen molar-refractivity contribution in [1.82, 2.24) is 10.2 Å². The second-order valence-electron chi connectivity index (χ2n) is 4.84. The number of fused-ring (bicyclic) bond motifs is 1. The van der Waals surface area contributed by atoms with Gasteiger partial charge < -0.3 is 10.4 Å². The Morgan fingerprint density at radius 2 is 2.33 bits per heavy atom. The smallest absolute Gasteiger partial charge is 0.233 e. The molecule has 0 fully saturated rings. The summed E-state index contributed by atoms with van der Waals surface area (Å²) in [6, 6.07) is 5.89. The van der Waals surface area contributed by atoms with E-state index in [9.17, 15) is 9.90 Å². The van der Waals surface area contributed by atoms with Crippen molar-refractivity contribution in [1.29, 1.82) is 0 Å². The van der Waals surface area contributed by atoms with Crippen LogP contribution >= 0.6 is 0 Å². The Balaban J connectivity index is 2.22. The van der Waals surface area contributed by atoms with Gasteiger partial charge in [-0.1, -0.05) is 12.1 Å². The van der Waals surface area contributed by atoms with Gasteiger partial charge in [0, 0.05) is 13.1 Å². The molecule has 0 spiro atoms. The molecule has 1 unspecified atom stereocenters. The monoisotopic (exact) mass is 248 g/mol. The lowest BCUT2D eigenvalue weighted by molar-refractivity contribution is -0.122. The van der Waals surface area contributed by atoms with Gasteiger partial charge in [0.2, 0.25) is 5.91 Å². The SMILES string of the molecule is CNC(=O)CN(C)C1CCCc2c(O)cccc21. The molecule has 0 saturated carbocycles. The van der Waals surface area contributed by atoms with Crippen LogP contribution in [0.3, 0.4) is 0 Å². The van der Waals surface area contributed by atoms with E-state index < -0.39 is 0 Å². The molecule has 0 radical (unpaired) electrons. The van der Waals surface area contributed by atoms with Crippen molar-refractivity contribution < 1.29 is 9.90 Å². The third-order valence-electron chi connectivity index (χ3n) is 3.65. The number of rotatable bonds is 3. The van der Waals surface area contributed by atoms with Gasteiger partial charge in [-0.15, -0.1) is 0 Å². The summed E-state index contributed by atoms with van der Waals surface area (Å²) < 4.78 is 0. The molecular weight excluding hydrogens is 228 g/mol. The van der Waals surface area contributed by atoms with Crippen LogP contribution in [0.15, 0.2) is 18.2 Å². The number of likely N-dealkylation sites (N-methyl/N-ethyl adjacent to an activating group) is 2. The van der Waals surface area contributed by atoms with Crippen LogP contribution in [0.2, 0.25) is 0 Å². The van der Waals surface area contributed by atoms with Crippen molar-refractivity contribution in [3.05, 3.63) is 29.3 Å². The zero-order chi connectivity index (χ0) is 13.1. The van der Waals surface area contributed by atoms with Crippen LogP contribution in [0.5, 0.6) is 5.75 Å². The summed E-state index contributed by atoms with van der Waals surface area (Å²) in [5.74, 6) is 0.398. The van der Waals surface area contributed by atoms with Gasteiger partial charge in [0.15, 0.2) is 0 Å². The molecular formula is C14H20N2O2. The molecule has 1 atom stereocenters. The van der Waals surface area contributed by atoms with Crippen LogP contribution in [0.1, 0.15) is 30.0 Å². The Kier molecular flexibility index (Phi) is 3.87. The summed E-state index contributed by atoms with van der Waals surface area (Å²) in [6.07, 6.45) is 3.00. The molecule has 1 aromatic carbocycles. The average Bonchev–Trinajstić information content (AvgIpc) is 2.38. The topological polar surface area (TPSA) is 52.6 Å². The fourth-order valence-corrected chi connectivity index (χ4v) is 2.68. The van der Waals surface area contributed by atoms with Gasteiger partial charge in [-0.25, -0.2) is 0 Å². The molecule has 1 aromatic rings. The molecule has 18 heavy (non-hydrogen) atoms. The highest BCUT2D eigenvalue weighted by Crippen LogP contribution is 2.37. The molecule has 1 aliphatic carbocycles. The zero-order valence-electron chi connectivity index (χ0n) is 10.9. The first-order chi connectivity index (χ1) is 8.63. The lowest BCUT2D eigenvalue weighted by Gasteiger charge is -2.33. The standard InChI is InChI=1S/C14H20N2O2/c1-15-14(18)9-16(2)12-7-3-6-11-10(12)5-4-8-13(11)17/h4-5,8,12,17H,3,6-7,9H2,1-2H3,(H,15,18). The number of amides is 1. The van der Waals surface area contributed by atoms with Crippen molar-refractivity contribution in [3.8, 4) is 5.75 Å². The molecule has 1 amide bonds. The number of nitrogens with one attached hydrogen (secondary N) is 1. The van der Waals surface area contributed by atoms with Gasteiger partial charge >= 0.3 is 0 Å². The number of carbonyl (C=O) groups is 1. The Hall–Kier alpha value is -1.55. The van der Waals surface area contributed by atoms with E-state index in [-0.39, 0.29) is 11.9 Å². The molecule has 0 saturated heterocycles. The Labute approximate surface area is 108 Å². The molecule has 2 N–H and O–H groups in total. The van der Waals surface area contributed by atoms with E-state index in [1.165, 1.54) is 0 Å². The number of benzene rings is 1. The largest absolute Gasteiger partial charge is 0.508 e. The van der Waals surface area contributed by atoms with Gasteiger partial charge in [0.05, 0.1) is 6.54 Å². The third-order valence-corrected chi connectivity index (χ3v) is 3.65. The van der Waals surface area contributed by atoms with E-state index in [0.29, 0.717) is 12.3 Å². The fourth-order valence-electron chi connectivity index (χ4n) is 2.68. The van der Waals surface area contributed by atoms with Crippen molar-refractivity contribution >= 4 is 5.91 Å². The highest BCUT2D eigenvalue weighted by molar-refractivity contribution is 5.77. The van der Waals surface area contributed by atoms with Gasteiger partial charge in [-0.3, -0.25) is 9.69 Å². The average molecular weight is 248 g/mol. The fraction of sp³-hybridized carbons (Fsp3) is 0.500. The van der Waals surface area contributed by atoms with Crippen molar-refractivity contribution in [3.63, 3.8) is 0 Å². The Morgan fingerprint density at radius 3 is 3.06 bits per heavy atom. The minimum atomic E-state index is 0.0183. The van der Waals surface area contributed by atoms with E-state index >= 15 is 0 Å². The predicted molar refractivity (Wildman–Crippen MR) is 70.5 cm³/mol. The lowest BCUT2D eigenvalue weighted by Crippen LogP contribution is -2.36. The quantitative estimate of drug-likeness (QED) is 0.851. The summed E-state index contributed by atoms with van der Waals surface area (Å²) in [6.45, 7) is 0.385. The molecule has 0 aromatic heterocycles. The van der Waals surface area contributed by atoms with Gasteiger partial charge in [-0.05, 0) is 43.5 Å². The van der Waals surface area contributed by atoms with Crippen molar-refractivity contribution in [2.45, 2.75) is 25.3 Å².